The smallest absolute Gasteiger partial charge is 0.246 e. The highest BCUT2D eigenvalue weighted by Gasteiger charge is 2.27. The number of likely N-dealkylation sites (tertiary alicyclic amines) is 1. The fraction of sp³-hybridized carbons (Fsp3) is 0.500. The van der Waals surface area contributed by atoms with Crippen molar-refractivity contribution in [3.8, 4) is 0 Å². The molecule has 8 nitrogen and oxygen atoms in total. The van der Waals surface area contributed by atoms with Gasteiger partial charge in [-0.25, -0.2) is 0 Å². The molecule has 2 aliphatic rings. The van der Waals surface area contributed by atoms with E-state index in [2.05, 4.69) is 0 Å². The fourth-order valence-corrected chi connectivity index (χ4v) is 4.30. The number of nitrogens with zero attached hydrogens (tertiary/aromatic N) is 3. The molecule has 178 valence electrons. The Morgan fingerprint density at radius 3 is 2.48 bits per heavy atom. The number of primary amides is 1. The Hall–Kier alpha value is -2.87. The van der Waals surface area contributed by atoms with Crippen LogP contribution in [-0.4, -0.2) is 77.6 Å². The van der Waals surface area contributed by atoms with Crippen molar-refractivity contribution in [1.29, 1.82) is 0 Å². The van der Waals surface area contributed by atoms with Crippen molar-refractivity contribution in [3.05, 3.63) is 40.4 Å². The molecule has 2 fully saturated rings. The molecule has 0 atom stereocenters. The molecular weight excluding hydrogens is 444 g/mol. The van der Waals surface area contributed by atoms with Crippen LogP contribution >= 0.6 is 11.6 Å². The fourth-order valence-electron chi connectivity index (χ4n) is 4.11. The normalized spacial score (nSPS) is 18.0. The Balaban J connectivity index is 1.47. The molecule has 0 spiro atoms. The second kappa shape index (κ2) is 11.3. The quantitative estimate of drug-likeness (QED) is 0.635. The molecule has 4 amide bonds. The maximum absolute atomic E-state index is 12.6. The lowest BCUT2D eigenvalue weighted by Crippen LogP contribution is -2.43. The van der Waals surface area contributed by atoms with Gasteiger partial charge in [-0.15, -0.1) is 0 Å². The summed E-state index contributed by atoms with van der Waals surface area (Å²) in [6, 6.07) is 5.60. The largest absolute Gasteiger partial charge is 0.369 e. The van der Waals surface area contributed by atoms with Gasteiger partial charge in [0.1, 0.15) is 0 Å². The molecule has 2 heterocycles. The summed E-state index contributed by atoms with van der Waals surface area (Å²) in [5.74, 6) is -0.715. The zero-order chi connectivity index (χ0) is 24.0. The number of benzene rings is 1. The van der Waals surface area contributed by atoms with Crippen LogP contribution in [-0.2, 0) is 19.2 Å². The van der Waals surface area contributed by atoms with Crippen LogP contribution in [0.25, 0.3) is 6.08 Å². The van der Waals surface area contributed by atoms with E-state index in [1.165, 1.54) is 6.08 Å². The predicted molar refractivity (Wildman–Crippen MR) is 126 cm³/mol. The van der Waals surface area contributed by atoms with Crippen molar-refractivity contribution in [2.24, 2.45) is 11.7 Å². The van der Waals surface area contributed by atoms with Crippen molar-refractivity contribution in [3.63, 3.8) is 0 Å². The minimum atomic E-state index is -0.311. The Labute approximate surface area is 199 Å². The number of rotatable bonds is 6. The second-order valence-electron chi connectivity index (χ2n) is 8.61. The molecule has 9 heteroatoms. The number of aryl methyl sites for hydroxylation is 1. The highest BCUT2D eigenvalue weighted by atomic mass is 35.5. The van der Waals surface area contributed by atoms with Crippen LogP contribution in [0.4, 0.5) is 0 Å². The van der Waals surface area contributed by atoms with Crippen molar-refractivity contribution in [2.75, 3.05) is 39.3 Å². The standard InChI is InChI=1S/C24H31ClN4O4/c1-17-2-3-18(16-20(17)25)4-5-21(30)28-12-9-23(32)29(15-14-28)13-8-22(31)27-10-6-19(7-11-27)24(26)33/h2-5,16,19H,6-15H2,1H3,(H2,26,33)/b5-4+. The first-order chi connectivity index (χ1) is 15.7. The summed E-state index contributed by atoms with van der Waals surface area (Å²) in [6.45, 7) is 4.44. The van der Waals surface area contributed by atoms with Gasteiger partial charge in [0.25, 0.3) is 0 Å². The van der Waals surface area contributed by atoms with Gasteiger partial charge in [0.05, 0.1) is 0 Å². The zero-order valence-electron chi connectivity index (χ0n) is 19.0. The Kier molecular flexibility index (Phi) is 8.49. The van der Waals surface area contributed by atoms with Gasteiger partial charge in [-0.2, -0.15) is 0 Å². The SMILES string of the molecule is Cc1ccc(/C=C/C(=O)N2CCC(=O)N(CCC(=O)N3CCC(C(N)=O)CC3)CC2)cc1Cl. The third kappa shape index (κ3) is 6.81. The van der Waals surface area contributed by atoms with Gasteiger partial charge in [0.2, 0.25) is 23.6 Å². The highest BCUT2D eigenvalue weighted by molar-refractivity contribution is 6.31. The molecule has 3 rings (SSSR count). The van der Waals surface area contributed by atoms with Crippen LogP contribution in [0.3, 0.4) is 0 Å². The van der Waals surface area contributed by atoms with Crippen molar-refractivity contribution >= 4 is 41.3 Å². The average Bonchev–Trinajstić information content (AvgIpc) is 2.99. The first-order valence-electron chi connectivity index (χ1n) is 11.3. The van der Waals surface area contributed by atoms with Gasteiger partial charge in [0.15, 0.2) is 0 Å². The summed E-state index contributed by atoms with van der Waals surface area (Å²) in [4.78, 5) is 54.0. The van der Waals surface area contributed by atoms with Crippen LogP contribution in [0.5, 0.6) is 0 Å². The van der Waals surface area contributed by atoms with Crippen molar-refractivity contribution in [2.45, 2.75) is 32.6 Å². The van der Waals surface area contributed by atoms with E-state index in [0.717, 1.165) is 11.1 Å². The van der Waals surface area contributed by atoms with Gasteiger partial charge in [0, 0.05) is 69.1 Å². The summed E-state index contributed by atoms with van der Waals surface area (Å²) in [7, 11) is 0. The molecule has 2 saturated heterocycles. The lowest BCUT2D eigenvalue weighted by Gasteiger charge is -2.31. The topological polar surface area (TPSA) is 104 Å². The van der Waals surface area contributed by atoms with Gasteiger partial charge < -0.3 is 20.4 Å². The van der Waals surface area contributed by atoms with E-state index in [1.807, 2.05) is 25.1 Å². The molecule has 0 aliphatic carbocycles. The molecule has 0 radical (unpaired) electrons. The lowest BCUT2D eigenvalue weighted by molar-refractivity contribution is -0.136. The molecule has 2 aliphatic heterocycles. The molecule has 0 saturated carbocycles. The molecule has 2 N–H and O–H groups in total. The maximum atomic E-state index is 12.6. The summed E-state index contributed by atoms with van der Waals surface area (Å²) in [5, 5.41) is 0.646. The average molecular weight is 475 g/mol. The lowest BCUT2D eigenvalue weighted by atomic mass is 9.96. The first kappa shape index (κ1) is 24.8. The molecule has 1 aromatic carbocycles. The number of amides is 4. The molecule has 0 aromatic heterocycles. The van der Waals surface area contributed by atoms with Crippen LogP contribution in [0.15, 0.2) is 24.3 Å². The zero-order valence-corrected chi connectivity index (χ0v) is 19.7. The second-order valence-corrected chi connectivity index (χ2v) is 9.01. The summed E-state index contributed by atoms with van der Waals surface area (Å²) in [5.41, 5.74) is 7.15. The van der Waals surface area contributed by atoms with Crippen molar-refractivity contribution in [1.82, 2.24) is 14.7 Å². The van der Waals surface area contributed by atoms with Gasteiger partial charge in [-0.05, 0) is 43.0 Å². The van der Waals surface area contributed by atoms with Gasteiger partial charge in [-0.3, -0.25) is 19.2 Å². The number of piperidine rings is 1. The summed E-state index contributed by atoms with van der Waals surface area (Å²) in [6.07, 6.45) is 4.86. The van der Waals surface area contributed by atoms with Gasteiger partial charge >= 0.3 is 0 Å². The van der Waals surface area contributed by atoms with Crippen LogP contribution in [0, 0.1) is 12.8 Å². The van der Waals surface area contributed by atoms with Gasteiger partial charge in [-0.1, -0.05) is 23.7 Å². The minimum Gasteiger partial charge on any atom is -0.369 e. The summed E-state index contributed by atoms with van der Waals surface area (Å²) < 4.78 is 0. The Morgan fingerprint density at radius 2 is 1.82 bits per heavy atom. The first-order valence-corrected chi connectivity index (χ1v) is 11.7. The maximum Gasteiger partial charge on any atom is 0.246 e. The number of nitrogens with two attached hydrogens (primary N) is 1. The van der Waals surface area contributed by atoms with E-state index in [-0.39, 0.29) is 42.4 Å². The molecule has 1 aromatic rings. The third-order valence-electron chi connectivity index (χ3n) is 6.36. The summed E-state index contributed by atoms with van der Waals surface area (Å²) >= 11 is 6.13. The third-order valence-corrected chi connectivity index (χ3v) is 6.77. The molecular formula is C24H31ClN4O4. The molecule has 0 unspecified atom stereocenters. The van der Waals surface area contributed by atoms with Crippen LogP contribution in [0.2, 0.25) is 5.02 Å². The Bertz CT molecular complexity index is 940. The van der Waals surface area contributed by atoms with E-state index in [1.54, 1.807) is 20.8 Å². The predicted octanol–water partition coefficient (Wildman–Crippen LogP) is 1.84. The minimum absolute atomic E-state index is 0.0254. The van der Waals surface area contributed by atoms with E-state index in [4.69, 9.17) is 17.3 Å². The highest BCUT2D eigenvalue weighted by Crippen LogP contribution is 2.19. The molecule has 0 bridgehead atoms. The molecule has 33 heavy (non-hydrogen) atoms. The Morgan fingerprint density at radius 1 is 1.09 bits per heavy atom. The monoisotopic (exact) mass is 474 g/mol. The number of hydrogen-bond donors (Lipinski definition) is 1. The van der Waals surface area contributed by atoms with E-state index in [9.17, 15) is 19.2 Å². The number of halogens is 1. The van der Waals surface area contributed by atoms with Crippen molar-refractivity contribution < 1.29 is 19.2 Å². The van der Waals surface area contributed by atoms with E-state index < -0.39 is 0 Å². The van der Waals surface area contributed by atoms with E-state index in [0.29, 0.717) is 57.1 Å². The van der Waals surface area contributed by atoms with E-state index >= 15 is 0 Å². The van der Waals surface area contributed by atoms with Crippen LogP contribution in [0.1, 0.15) is 36.8 Å². The number of carbonyl (C=O) groups is 4. The number of carbonyl (C=O) groups excluding carboxylic acids is 4. The van der Waals surface area contributed by atoms with Crippen LogP contribution < -0.4 is 5.73 Å². The number of hydrogen-bond acceptors (Lipinski definition) is 4.